The number of ether oxygens (including phenoxy) is 1. The van der Waals surface area contributed by atoms with Crippen LogP contribution in [0.5, 0.6) is 5.75 Å². The molecule has 0 unspecified atom stereocenters. The minimum Gasteiger partial charge on any atom is -0.483 e. The average molecular weight is 581 g/mol. The Kier molecular flexibility index (Phi) is 6.55. The summed E-state index contributed by atoms with van der Waals surface area (Å²) < 4.78 is 64.4. The van der Waals surface area contributed by atoms with Gasteiger partial charge in [0.25, 0.3) is 11.8 Å². The Bertz CT molecular complexity index is 1700. The van der Waals surface area contributed by atoms with E-state index in [1.54, 1.807) is 24.3 Å². The minimum absolute atomic E-state index is 0.106. The minimum atomic E-state index is -4.61. The number of fused-ring (bicyclic) bond motifs is 1. The van der Waals surface area contributed by atoms with E-state index in [0.29, 0.717) is 39.8 Å². The van der Waals surface area contributed by atoms with E-state index in [4.69, 9.17) is 9.15 Å². The maximum Gasteiger partial charge on any atom is 0.422 e. The monoisotopic (exact) mass is 580 g/mol. The number of hydrogen-bond donors (Lipinski definition) is 2. The molecule has 2 amide bonds. The lowest BCUT2D eigenvalue weighted by Crippen LogP contribution is -2.80. The fourth-order valence-electron chi connectivity index (χ4n) is 6.46. The Hall–Kier alpha value is -4.34. The van der Waals surface area contributed by atoms with Gasteiger partial charge in [0.1, 0.15) is 22.9 Å². The zero-order chi connectivity index (χ0) is 30.0. The van der Waals surface area contributed by atoms with Gasteiger partial charge < -0.3 is 19.8 Å². The van der Waals surface area contributed by atoms with Gasteiger partial charge in [0.15, 0.2) is 6.61 Å². The molecule has 7 rings (SSSR count). The second kappa shape index (κ2) is 9.89. The van der Waals surface area contributed by atoms with Crippen molar-refractivity contribution in [3.8, 4) is 28.2 Å². The predicted octanol–water partition coefficient (Wildman–Crippen LogP) is 6.98. The number of hydrogen-bond acceptors (Lipinski definition) is 4. The highest BCUT2D eigenvalue weighted by Gasteiger charge is 2.69. The van der Waals surface area contributed by atoms with E-state index in [9.17, 15) is 27.2 Å². The second-order valence-corrected chi connectivity index (χ2v) is 11.2. The number of furan rings is 1. The highest BCUT2D eigenvalue weighted by molar-refractivity contribution is 6.12. The van der Waals surface area contributed by atoms with Crippen LogP contribution in [0, 0.1) is 23.6 Å². The summed E-state index contributed by atoms with van der Waals surface area (Å²) in [5.41, 5.74) is 1.43. The summed E-state index contributed by atoms with van der Waals surface area (Å²) in [7, 11) is 1.44. The van der Waals surface area contributed by atoms with Crippen LogP contribution in [0.2, 0.25) is 0 Å². The van der Waals surface area contributed by atoms with Crippen molar-refractivity contribution in [2.45, 2.75) is 32.0 Å². The molecule has 6 nitrogen and oxygen atoms in total. The molecule has 0 spiro atoms. The van der Waals surface area contributed by atoms with Crippen LogP contribution in [0.25, 0.3) is 33.4 Å². The van der Waals surface area contributed by atoms with E-state index in [1.165, 1.54) is 43.4 Å². The summed E-state index contributed by atoms with van der Waals surface area (Å²) in [4.78, 5) is 26.3. The number of amides is 2. The van der Waals surface area contributed by atoms with E-state index >= 15 is 0 Å². The average Bonchev–Trinajstić information content (AvgIpc) is 3.35. The number of nitrogens with one attached hydrogen (secondary N) is 2. The lowest BCUT2D eigenvalue weighted by molar-refractivity contribution is -0.184. The lowest BCUT2D eigenvalue weighted by atomic mass is 9.37. The van der Waals surface area contributed by atoms with E-state index in [1.807, 2.05) is 0 Å². The van der Waals surface area contributed by atoms with Crippen molar-refractivity contribution in [1.82, 2.24) is 10.6 Å². The van der Waals surface area contributed by atoms with Crippen molar-refractivity contribution in [2.75, 3.05) is 13.7 Å². The molecule has 3 fully saturated rings. The third-order valence-electron chi connectivity index (χ3n) is 9.01. The fourth-order valence-corrected chi connectivity index (χ4v) is 6.46. The van der Waals surface area contributed by atoms with Crippen molar-refractivity contribution in [1.29, 1.82) is 0 Å². The standard InChI is InChI=1S/C32H28F4N2O4/c1-16-24-14-31(16,17(24)2)38-29(39)20-6-4-5-19(11-20)22-12-23-26(13-25(22)41-15-32(34,35)36)42-28(27(23)30(40)37-3)18-7-9-21(33)10-8-18/h4-13,16-17,24H,14-15H2,1-3H3,(H,37,40)(H,38,39)/t16-,17-,24?,31?/m1/s1. The van der Waals surface area contributed by atoms with E-state index in [2.05, 4.69) is 24.5 Å². The van der Waals surface area contributed by atoms with Crippen LogP contribution >= 0.6 is 0 Å². The molecule has 3 aliphatic rings. The van der Waals surface area contributed by atoms with Crippen molar-refractivity contribution >= 4 is 22.8 Å². The Labute approximate surface area is 239 Å². The molecule has 42 heavy (non-hydrogen) atoms. The van der Waals surface area contributed by atoms with E-state index in [0.717, 1.165) is 6.42 Å². The number of carbonyl (C=O) groups is 2. The van der Waals surface area contributed by atoms with Crippen LogP contribution in [-0.4, -0.2) is 37.2 Å². The van der Waals surface area contributed by atoms with Gasteiger partial charge in [0.2, 0.25) is 0 Å². The molecule has 2 bridgehead atoms. The molecule has 3 aromatic carbocycles. The zero-order valence-corrected chi connectivity index (χ0v) is 23.1. The predicted molar refractivity (Wildman–Crippen MR) is 149 cm³/mol. The van der Waals surface area contributed by atoms with Crippen LogP contribution in [0.1, 0.15) is 41.0 Å². The largest absolute Gasteiger partial charge is 0.483 e. The van der Waals surface area contributed by atoms with Crippen LogP contribution < -0.4 is 15.4 Å². The van der Waals surface area contributed by atoms with Crippen molar-refractivity contribution in [3.63, 3.8) is 0 Å². The first kappa shape index (κ1) is 27.8. The topological polar surface area (TPSA) is 80.6 Å². The maximum atomic E-state index is 13.6. The molecule has 10 heteroatoms. The second-order valence-electron chi connectivity index (χ2n) is 11.2. The summed E-state index contributed by atoms with van der Waals surface area (Å²) in [6.07, 6.45) is -3.67. The molecule has 3 aliphatic carbocycles. The smallest absolute Gasteiger partial charge is 0.422 e. The van der Waals surface area contributed by atoms with E-state index < -0.39 is 24.5 Å². The molecule has 3 saturated carbocycles. The molecule has 0 saturated heterocycles. The molecular weight excluding hydrogens is 552 g/mol. The number of halogens is 4. The van der Waals surface area contributed by atoms with Gasteiger partial charge in [0, 0.05) is 40.7 Å². The van der Waals surface area contributed by atoms with Gasteiger partial charge >= 0.3 is 6.18 Å². The van der Waals surface area contributed by atoms with Crippen LogP contribution in [0.15, 0.2) is 65.1 Å². The number of carbonyl (C=O) groups excluding carboxylic acids is 2. The summed E-state index contributed by atoms with van der Waals surface area (Å²) in [5.74, 6) is 0.135. The highest BCUT2D eigenvalue weighted by atomic mass is 19.4. The molecule has 0 radical (unpaired) electrons. The van der Waals surface area contributed by atoms with Gasteiger partial charge in [-0.2, -0.15) is 13.2 Å². The summed E-state index contributed by atoms with van der Waals surface area (Å²) in [6.45, 7) is 2.69. The van der Waals surface area contributed by atoms with Crippen molar-refractivity contribution in [2.24, 2.45) is 17.8 Å². The lowest BCUT2D eigenvalue weighted by Gasteiger charge is -2.72. The number of benzene rings is 3. The number of alkyl halides is 3. The van der Waals surface area contributed by atoms with Crippen LogP contribution in [-0.2, 0) is 0 Å². The van der Waals surface area contributed by atoms with Gasteiger partial charge in [-0.15, -0.1) is 0 Å². The van der Waals surface area contributed by atoms with E-state index in [-0.39, 0.29) is 39.7 Å². The Morgan fingerprint density at radius 2 is 1.71 bits per heavy atom. The molecule has 218 valence electrons. The Morgan fingerprint density at radius 3 is 2.33 bits per heavy atom. The van der Waals surface area contributed by atoms with Crippen molar-refractivity contribution < 1.29 is 36.3 Å². The van der Waals surface area contributed by atoms with Gasteiger partial charge in [0.05, 0.1) is 5.56 Å². The Balaban J connectivity index is 1.46. The van der Waals surface area contributed by atoms with Crippen LogP contribution in [0.4, 0.5) is 17.6 Å². The summed E-state index contributed by atoms with van der Waals surface area (Å²) in [5, 5.41) is 6.06. The molecule has 2 N–H and O–H groups in total. The first-order valence-electron chi connectivity index (χ1n) is 13.6. The molecule has 4 aromatic rings. The summed E-state index contributed by atoms with van der Waals surface area (Å²) >= 11 is 0. The summed E-state index contributed by atoms with van der Waals surface area (Å²) in [6, 6.07) is 14.7. The molecular formula is C32H28F4N2O4. The van der Waals surface area contributed by atoms with Gasteiger partial charge in [-0.25, -0.2) is 4.39 Å². The number of rotatable bonds is 7. The van der Waals surface area contributed by atoms with Gasteiger partial charge in [-0.05, 0) is 72.2 Å². The SMILES string of the molecule is CNC(=O)c1c(-c2ccc(F)cc2)oc2cc(OCC(F)(F)F)c(-c3cccc(C(=O)NC45CC([C@H]4C)[C@H]5C)c3)cc12. The first-order valence-corrected chi connectivity index (χ1v) is 13.6. The third-order valence-corrected chi connectivity index (χ3v) is 9.01. The molecule has 2 atom stereocenters. The molecule has 1 heterocycles. The highest BCUT2D eigenvalue weighted by Crippen LogP contribution is 2.65. The fraction of sp³-hybridized carbons (Fsp3) is 0.312. The van der Waals surface area contributed by atoms with Gasteiger partial charge in [-0.1, -0.05) is 26.0 Å². The van der Waals surface area contributed by atoms with Crippen LogP contribution in [0.3, 0.4) is 0 Å². The Morgan fingerprint density at radius 1 is 1.00 bits per heavy atom. The molecule has 1 aromatic heterocycles. The van der Waals surface area contributed by atoms with Gasteiger partial charge in [-0.3, -0.25) is 9.59 Å². The third kappa shape index (κ3) is 4.49. The first-order chi connectivity index (χ1) is 19.9. The van der Waals surface area contributed by atoms with Crippen molar-refractivity contribution in [3.05, 3.63) is 77.6 Å². The normalized spacial score (nSPS) is 22.7. The maximum absolute atomic E-state index is 13.6. The quantitative estimate of drug-likeness (QED) is 0.231. The zero-order valence-electron chi connectivity index (χ0n) is 23.1. The molecule has 0 aliphatic heterocycles.